The van der Waals surface area contributed by atoms with E-state index in [1.165, 1.54) is 16.6 Å². The average Bonchev–Trinajstić information content (AvgIpc) is 3.12. The number of nitrogens with zero attached hydrogens (tertiary/aromatic N) is 3. The summed E-state index contributed by atoms with van der Waals surface area (Å²) in [5.74, 6) is -0.192. The number of benzene rings is 1. The predicted octanol–water partition coefficient (Wildman–Crippen LogP) is 2.60. The van der Waals surface area contributed by atoms with E-state index >= 15 is 0 Å². The quantitative estimate of drug-likeness (QED) is 0.414. The van der Waals surface area contributed by atoms with Crippen molar-refractivity contribution in [2.75, 3.05) is 13.1 Å². The Bertz CT molecular complexity index is 1360. The smallest absolute Gasteiger partial charge is 0.336 e. The van der Waals surface area contributed by atoms with E-state index in [1.54, 1.807) is 24.6 Å². The first-order chi connectivity index (χ1) is 15.6. The molecule has 0 atom stereocenters. The third-order valence-electron chi connectivity index (χ3n) is 6.29. The van der Waals surface area contributed by atoms with E-state index in [0.717, 1.165) is 16.5 Å². The van der Waals surface area contributed by atoms with Gasteiger partial charge in [0, 0.05) is 43.4 Å². The fraction of sp³-hybridized carbons (Fsp3) is 0.435. The van der Waals surface area contributed by atoms with Crippen LogP contribution in [0.5, 0.6) is 0 Å². The first-order valence-electron chi connectivity index (χ1n) is 10.8. The van der Waals surface area contributed by atoms with Crippen LogP contribution in [0.1, 0.15) is 35.4 Å². The van der Waals surface area contributed by atoms with E-state index in [4.69, 9.17) is 9.15 Å². The molecule has 1 saturated heterocycles. The van der Waals surface area contributed by atoms with E-state index in [9.17, 15) is 18.0 Å². The Morgan fingerprint density at radius 1 is 1.15 bits per heavy atom. The van der Waals surface area contributed by atoms with Gasteiger partial charge in [0.05, 0.1) is 5.92 Å². The van der Waals surface area contributed by atoms with Gasteiger partial charge >= 0.3 is 11.6 Å². The maximum absolute atomic E-state index is 12.8. The van der Waals surface area contributed by atoms with Crippen LogP contribution in [0.25, 0.3) is 11.0 Å². The SMILES string of the molecule is Cc1cc2oc(=O)cc(COC(=O)C3CCN(S(=O)(=O)c4cn(C)c(C)n4)CC3)c2cc1C. The molecule has 1 aliphatic rings. The lowest BCUT2D eigenvalue weighted by Crippen LogP contribution is -2.40. The van der Waals surface area contributed by atoms with Gasteiger partial charge in [-0.15, -0.1) is 0 Å². The van der Waals surface area contributed by atoms with Gasteiger partial charge in [-0.25, -0.2) is 18.2 Å². The summed E-state index contributed by atoms with van der Waals surface area (Å²) in [5, 5.41) is 0.751. The highest BCUT2D eigenvalue weighted by Crippen LogP contribution is 2.26. The number of hydrogen-bond donors (Lipinski definition) is 0. The molecule has 9 nitrogen and oxygen atoms in total. The summed E-state index contributed by atoms with van der Waals surface area (Å²) in [6.07, 6.45) is 2.22. The third-order valence-corrected chi connectivity index (χ3v) is 8.06. The van der Waals surface area contributed by atoms with Gasteiger partial charge in [-0.3, -0.25) is 4.79 Å². The summed E-state index contributed by atoms with van der Waals surface area (Å²) < 4.78 is 39.5. The zero-order chi connectivity index (χ0) is 23.9. The Morgan fingerprint density at radius 2 is 1.82 bits per heavy atom. The van der Waals surface area contributed by atoms with Gasteiger partial charge < -0.3 is 13.7 Å². The zero-order valence-corrected chi connectivity index (χ0v) is 19.9. The van der Waals surface area contributed by atoms with Crippen LogP contribution in [0, 0.1) is 26.7 Å². The number of carbonyl (C=O) groups excluding carboxylic acids is 1. The Hall–Kier alpha value is -2.98. The molecular weight excluding hydrogens is 446 g/mol. The lowest BCUT2D eigenvalue weighted by molar-refractivity contribution is -0.151. The van der Waals surface area contributed by atoms with Gasteiger partial charge in [0.25, 0.3) is 10.0 Å². The standard InChI is InChI=1S/C23H27N3O6S/c1-14-9-19-18(11-22(27)32-20(19)10-15(14)2)13-31-23(28)17-5-7-26(8-6-17)33(29,30)21-12-25(4)16(3)24-21/h9-12,17H,5-8,13H2,1-4H3. The largest absolute Gasteiger partial charge is 0.461 e. The Kier molecular flexibility index (Phi) is 6.15. The number of sulfonamides is 1. The van der Waals surface area contributed by atoms with Gasteiger partial charge in [0.15, 0.2) is 5.03 Å². The summed E-state index contributed by atoms with van der Waals surface area (Å²) in [5.41, 5.74) is 2.59. The molecule has 1 aliphatic heterocycles. The summed E-state index contributed by atoms with van der Waals surface area (Å²) in [6, 6.07) is 5.06. The molecule has 3 aromatic rings. The van der Waals surface area contributed by atoms with Crippen molar-refractivity contribution in [1.29, 1.82) is 0 Å². The van der Waals surface area contributed by atoms with Crippen LogP contribution >= 0.6 is 0 Å². The van der Waals surface area contributed by atoms with Crippen LogP contribution < -0.4 is 5.63 Å². The molecular formula is C23H27N3O6S. The molecule has 4 rings (SSSR count). The highest BCUT2D eigenvalue weighted by atomic mass is 32.2. The number of carbonyl (C=O) groups is 1. The number of piperidine rings is 1. The maximum atomic E-state index is 12.8. The molecule has 2 aromatic heterocycles. The highest BCUT2D eigenvalue weighted by Gasteiger charge is 2.34. The van der Waals surface area contributed by atoms with Crippen molar-refractivity contribution in [3.8, 4) is 0 Å². The second-order valence-electron chi connectivity index (χ2n) is 8.55. The van der Waals surface area contributed by atoms with Gasteiger partial charge in [-0.1, -0.05) is 0 Å². The molecule has 33 heavy (non-hydrogen) atoms. The molecule has 176 valence electrons. The Labute approximate surface area is 192 Å². The minimum absolute atomic E-state index is 0.0174. The minimum atomic E-state index is -3.70. The first-order valence-corrected chi connectivity index (χ1v) is 12.2. The van der Waals surface area contributed by atoms with Crippen molar-refractivity contribution in [3.05, 3.63) is 57.3 Å². The van der Waals surface area contributed by atoms with Crippen molar-refractivity contribution in [2.24, 2.45) is 13.0 Å². The number of esters is 1. The van der Waals surface area contributed by atoms with Gasteiger partial charge in [0.1, 0.15) is 18.0 Å². The number of rotatable bonds is 5. The fourth-order valence-electron chi connectivity index (χ4n) is 3.98. The lowest BCUT2D eigenvalue weighted by atomic mass is 9.98. The first kappa shape index (κ1) is 23.2. The number of imidazole rings is 1. The van der Waals surface area contributed by atoms with Gasteiger partial charge in [0.2, 0.25) is 0 Å². The molecule has 0 saturated carbocycles. The van der Waals surface area contributed by atoms with Crippen LogP contribution in [0.2, 0.25) is 0 Å². The predicted molar refractivity (Wildman–Crippen MR) is 121 cm³/mol. The van der Waals surface area contributed by atoms with E-state index in [-0.39, 0.29) is 24.7 Å². The number of aromatic nitrogens is 2. The van der Waals surface area contributed by atoms with E-state index in [2.05, 4.69) is 4.98 Å². The maximum Gasteiger partial charge on any atom is 0.336 e. The molecule has 0 N–H and O–H groups in total. The van der Waals surface area contributed by atoms with E-state index in [1.807, 2.05) is 19.9 Å². The summed E-state index contributed by atoms with van der Waals surface area (Å²) >= 11 is 0. The molecule has 0 radical (unpaired) electrons. The van der Waals surface area contributed by atoms with Crippen LogP contribution in [0.15, 0.2) is 38.6 Å². The van der Waals surface area contributed by atoms with Crippen LogP contribution in [-0.4, -0.2) is 41.3 Å². The number of fused-ring (bicyclic) bond motifs is 1. The number of ether oxygens (including phenoxy) is 1. The molecule has 1 fully saturated rings. The van der Waals surface area contributed by atoms with Crippen molar-refractivity contribution >= 4 is 27.0 Å². The van der Waals surface area contributed by atoms with Crippen molar-refractivity contribution in [3.63, 3.8) is 0 Å². The Morgan fingerprint density at radius 3 is 2.45 bits per heavy atom. The van der Waals surface area contributed by atoms with Crippen molar-refractivity contribution in [2.45, 2.75) is 45.2 Å². The summed E-state index contributed by atoms with van der Waals surface area (Å²) in [6.45, 7) is 6.02. The monoisotopic (exact) mass is 473 g/mol. The second kappa shape index (κ2) is 8.75. The summed E-state index contributed by atoms with van der Waals surface area (Å²) in [7, 11) is -1.96. The lowest BCUT2D eigenvalue weighted by Gasteiger charge is -2.29. The minimum Gasteiger partial charge on any atom is -0.461 e. The van der Waals surface area contributed by atoms with Crippen LogP contribution in [0.3, 0.4) is 0 Å². The zero-order valence-electron chi connectivity index (χ0n) is 19.1. The van der Waals surface area contributed by atoms with Crippen LogP contribution in [0.4, 0.5) is 0 Å². The van der Waals surface area contributed by atoms with E-state index < -0.39 is 27.5 Å². The fourth-order valence-corrected chi connectivity index (χ4v) is 5.48. The van der Waals surface area contributed by atoms with E-state index in [0.29, 0.717) is 29.8 Å². The normalized spacial score (nSPS) is 15.8. The molecule has 0 aliphatic carbocycles. The Balaban J connectivity index is 1.41. The number of hydrogen-bond acceptors (Lipinski definition) is 7. The van der Waals surface area contributed by atoms with Gasteiger partial charge in [-0.05, 0) is 56.9 Å². The van der Waals surface area contributed by atoms with Crippen LogP contribution in [-0.2, 0) is 33.2 Å². The topological polar surface area (TPSA) is 112 Å². The molecule has 3 heterocycles. The number of aryl methyl sites for hydroxylation is 4. The molecule has 0 spiro atoms. The van der Waals surface area contributed by atoms with Gasteiger partial charge in [-0.2, -0.15) is 4.31 Å². The molecule has 10 heteroatoms. The second-order valence-corrected chi connectivity index (χ2v) is 10.4. The van der Waals surface area contributed by atoms with Crippen molar-refractivity contribution in [1.82, 2.24) is 13.9 Å². The molecule has 1 aromatic carbocycles. The van der Waals surface area contributed by atoms with Crippen molar-refractivity contribution < 1.29 is 22.4 Å². The summed E-state index contributed by atoms with van der Waals surface area (Å²) in [4.78, 5) is 28.7. The average molecular weight is 474 g/mol. The third kappa shape index (κ3) is 4.58. The molecule has 0 amide bonds. The molecule has 0 bridgehead atoms. The molecule has 0 unspecified atom stereocenters. The highest BCUT2D eigenvalue weighted by molar-refractivity contribution is 7.89.